The molecule has 14 heavy (non-hydrogen) atoms. The zero-order valence-electron chi connectivity index (χ0n) is 9.01. The van der Waals surface area contributed by atoms with Gasteiger partial charge in [-0.3, -0.25) is 0 Å². The minimum atomic E-state index is -0.0250. The van der Waals surface area contributed by atoms with Crippen molar-refractivity contribution in [3.05, 3.63) is 0 Å². The highest BCUT2D eigenvalue weighted by Gasteiger charge is 2.31. The number of aliphatic hydroxyl groups is 1. The van der Waals surface area contributed by atoms with Gasteiger partial charge in [-0.05, 0) is 31.5 Å². The number of hydrogen-bond acceptors (Lipinski definition) is 1. The fourth-order valence-electron chi connectivity index (χ4n) is 2.41. The molecule has 0 unspecified atom stereocenters. The molecule has 1 saturated carbocycles. The van der Waals surface area contributed by atoms with Crippen LogP contribution in [0.2, 0.25) is 0 Å². The van der Waals surface area contributed by atoms with Gasteiger partial charge in [-0.15, -0.1) is 0 Å². The number of unbranched alkanes of at least 4 members (excludes halogenated alkanes) is 1. The SMILES string of the molecule is CCCCC1(NC(O)=S)CCCCC1. The first kappa shape index (κ1) is 11.8. The Morgan fingerprint density at radius 1 is 1.36 bits per heavy atom. The minimum Gasteiger partial charge on any atom is -0.487 e. The van der Waals surface area contributed by atoms with Crippen LogP contribution in [0, 0.1) is 0 Å². The van der Waals surface area contributed by atoms with Gasteiger partial charge in [0.1, 0.15) is 0 Å². The Kier molecular flexibility index (Phi) is 4.66. The van der Waals surface area contributed by atoms with Crippen LogP contribution in [-0.4, -0.2) is 15.8 Å². The molecule has 0 atom stereocenters. The van der Waals surface area contributed by atoms with Gasteiger partial charge in [0.15, 0.2) is 0 Å². The quantitative estimate of drug-likeness (QED) is 0.706. The zero-order chi connectivity index (χ0) is 10.4. The summed E-state index contributed by atoms with van der Waals surface area (Å²) < 4.78 is 0. The first-order valence-corrected chi connectivity index (χ1v) is 6.10. The van der Waals surface area contributed by atoms with Crippen molar-refractivity contribution in [2.75, 3.05) is 0 Å². The number of thiocarbonyl (C=S) groups is 1. The average Bonchev–Trinajstić information content (AvgIpc) is 2.15. The van der Waals surface area contributed by atoms with Crippen molar-refractivity contribution >= 4 is 17.4 Å². The molecule has 3 heteroatoms. The van der Waals surface area contributed by atoms with Gasteiger partial charge in [0.25, 0.3) is 5.17 Å². The predicted octanol–water partition coefficient (Wildman–Crippen LogP) is 3.31. The van der Waals surface area contributed by atoms with E-state index < -0.39 is 0 Å². The van der Waals surface area contributed by atoms with Crippen molar-refractivity contribution in [2.24, 2.45) is 0 Å². The molecule has 0 spiro atoms. The fraction of sp³-hybridized carbons (Fsp3) is 0.909. The molecule has 1 fully saturated rings. The van der Waals surface area contributed by atoms with Gasteiger partial charge in [-0.1, -0.05) is 39.0 Å². The Morgan fingerprint density at radius 2 is 2.00 bits per heavy atom. The van der Waals surface area contributed by atoms with E-state index in [-0.39, 0.29) is 10.7 Å². The Labute approximate surface area is 92.1 Å². The van der Waals surface area contributed by atoms with Crippen LogP contribution in [-0.2, 0) is 0 Å². The molecular weight excluding hydrogens is 194 g/mol. The minimum absolute atomic E-state index is 0.0250. The summed E-state index contributed by atoms with van der Waals surface area (Å²) in [6.45, 7) is 2.20. The van der Waals surface area contributed by atoms with Crippen LogP contribution in [0.5, 0.6) is 0 Å². The Hall–Kier alpha value is -0.310. The maximum absolute atomic E-state index is 9.19. The topological polar surface area (TPSA) is 32.3 Å². The molecule has 0 radical (unpaired) electrons. The third-order valence-electron chi connectivity index (χ3n) is 3.19. The standard InChI is InChI=1S/C11H21NOS/c1-2-3-7-11(12-10(13)14)8-5-4-6-9-11/h2-9H2,1H3,(H2,12,13,14). The molecule has 2 nitrogen and oxygen atoms in total. The molecule has 1 aliphatic carbocycles. The van der Waals surface area contributed by atoms with Crippen molar-refractivity contribution in [1.29, 1.82) is 0 Å². The lowest BCUT2D eigenvalue weighted by Crippen LogP contribution is -2.49. The van der Waals surface area contributed by atoms with Crippen LogP contribution in [0.4, 0.5) is 0 Å². The molecule has 0 bridgehead atoms. The highest BCUT2D eigenvalue weighted by atomic mass is 32.1. The largest absolute Gasteiger partial charge is 0.487 e. The Bertz CT molecular complexity index is 188. The lowest BCUT2D eigenvalue weighted by molar-refractivity contribution is 0.233. The van der Waals surface area contributed by atoms with Crippen molar-refractivity contribution in [3.8, 4) is 0 Å². The molecule has 2 N–H and O–H groups in total. The summed E-state index contributed by atoms with van der Waals surface area (Å²) in [5.41, 5.74) is 0.111. The van der Waals surface area contributed by atoms with E-state index >= 15 is 0 Å². The summed E-state index contributed by atoms with van der Waals surface area (Å²) in [5, 5.41) is 12.3. The predicted molar refractivity (Wildman–Crippen MR) is 63.7 cm³/mol. The van der Waals surface area contributed by atoms with E-state index in [1.54, 1.807) is 0 Å². The van der Waals surface area contributed by atoms with Gasteiger partial charge in [0, 0.05) is 5.54 Å². The number of nitrogens with one attached hydrogen (secondary N) is 1. The van der Waals surface area contributed by atoms with E-state index in [1.807, 2.05) is 0 Å². The fourth-order valence-corrected chi connectivity index (χ4v) is 2.62. The van der Waals surface area contributed by atoms with E-state index in [0.29, 0.717) is 0 Å². The van der Waals surface area contributed by atoms with Gasteiger partial charge in [-0.25, -0.2) is 0 Å². The summed E-state index contributed by atoms with van der Waals surface area (Å²) in [6.07, 6.45) is 9.75. The molecule has 0 aliphatic heterocycles. The number of hydrogen-bond donors (Lipinski definition) is 2. The lowest BCUT2D eigenvalue weighted by Gasteiger charge is -2.38. The molecule has 1 rings (SSSR count). The highest BCUT2D eigenvalue weighted by molar-refractivity contribution is 7.79. The van der Waals surface area contributed by atoms with Crippen molar-refractivity contribution in [3.63, 3.8) is 0 Å². The summed E-state index contributed by atoms with van der Waals surface area (Å²) in [5.74, 6) is 0. The van der Waals surface area contributed by atoms with Gasteiger partial charge in [0.2, 0.25) is 0 Å². The number of aliphatic hydroxyl groups excluding tert-OH is 1. The average molecular weight is 215 g/mol. The Morgan fingerprint density at radius 3 is 2.50 bits per heavy atom. The van der Waals surface area contributed by atoms with E-state index in [9.17, 15) is 5.11 Å². The third-order valence-corrected chi connectivity index (χ3v) is 3.29. The van der Waals surface area contributed by atoms with Crippen LogP contribution in [0.15, 0.2) is 0 Å². The van der Waals surface area contributed by atoms with Crippen LogP contribution in [0.25, 0.3) is 0 Å². The summed E-state index contributed by atoms with van der Waals surface area (Å²) in [7, 11) is 0. The molecule has 0 aromatic rings. The van der Waals surface area contributed by atoms with Gasteiger partial charge in [0.05, 0.1) is 0 Å². The summed E-state index contributed by atoms with van der Waals surface area (Å²) in [4.78, 5) is 0. The van der Waals surface area contributed by atoms with Gasteiger partial charge < -0.3 is 10.4 Å². The van der Waals surface area contributed by atoms with Gasteiger partial charge in [-0.2, -0.15) is 0 Å². The molecule has 0 amide bonds. The van der Waals surface area contributed by atoms with Crippen molar-refractivity contribution in [1.82, 2.24) is 5.32 Å². The maximum Gasteiger partial charge on any atom is 0.254 e. The normalized spacial score (nSPS) is 20.4. The van der Waals surface area contributed by atoms with Crippen LogP contribution in [0.3, 0.4) is 0 Å². The molecule has 1 aliphatic rings. The van der Waals surface area contributed by atoms with Crippen molar-refractivity contribution < 1.29 is 5.11 Å². The van der Waals surface area contributed by atoms with Crippen LogP contribution in [0.1, 0.15) is 58.3 Å². The lowest BCUT2D eigenvalue weighted by atomic mass is 9.78. The molecule has 0 saturated heterocycles. The molecule has 82 valence electrons. The molecular formula is C11H21NOS. The van der Waals surface area contributed by atoms with Gasteiger partial charge >= 0.3 is 0 Å². The molecule has 0 aromatic heterocycles. The third kappa shape index (κ3) is 3.45. The second-order valence-electron chi connectivity index (χ2n) is 4.37. The second kappa shape index (κ2) is 5.54. The van der Waals surface area contributed by atoms with E-state index in [4.69, 9.17) is 12.2 Å². The summed E-state index contributed by atoms with van der Waals surface area (Å²) in [6, 6.07) is 0. The monoisotopic (exact) mass is 215 g/mol. The maximum atomic E-state index is 9.19. The van der Waals surface area contributed by atoms with Crippen LogP contribution < -0.4 is 5.32 Å². The van der Waals surface area contributed by atoms with E-state index in [1.165, 1.54) is 32.1 Å². The second-order valence-corrected chi connectivity index (χ2v) is 4.76. The van der Waals surface area contributed by atoms with Crippen LogP contribution >= 0.6 is 12.2 Å². The first-order chi connectivity index (χ1) is 6.68. The first-order valence-electron chi connectivity index (χ1n) is 5.70. The summed E-state index contributed by atoms with van der Waals surface area (Å²) >= 11 is 4.74. The van der Waals surface area contributed by atoms with E-state index in [0.717, 1.165) is 19.3 Å². The smallest absolute Gasteiger partial charge is 0.254 e. The highest BCUT2D eigenvalue weighted by Crippen LogP contribution is 2.32. The zero-order valence-corrected chi connectivity index (χ0v) is 9.83. The Balaban J connectivity index is 2.52. The number of rotatable bonds is 4. The van der Waals surface area contributed by atoms with Crippen molar-refractivity contribution in [2.45, 2.75) is 63.8 Å². The molecule has 0 heterocycles. The van der Waals surface area contributed by atoms with E-state index in [2.05, 4.69) is 12.2 Å². The molecule has 0 aromatic carbocycles.